The largest absolute Gasteiger partial charge is 0.452 e. The molecule has 1 amide bonds. The molecule has 0 aliphatic rings. The van der Waals surface area contributed by atoms with Crippen molar-refractivity contribution >= 4 is 45.2 Å². The van der Waals surface area contributed by atoms with Crippen LogP contribution in [0.4, 0.5) is 5.69 Å². The number of para-hydroxylation sites is 2. The first kappa shape index (κ1) is 18.8. The third kappa shape index (κ3) is 4.80. The molecule has 0 aliphatic heterocycles. The molecule has 0 atom stereocenters. The number of carbonyl (C=O) groups is 2. The van der Waals surface area contributed by atoms with Crippen LogP contribution in [0.5, 0.6) is 0 Å². The molecule has 27 heavy (non-hydrogen) atoms. The number of rotatable bonds is 6. The first-order valence-corrected chi connectivity index (χ1v) is 9.44. The van der Waals surface area contributed by atoms with Crippen LogP contribution in [0.1, 0.15) is 18.9 Å². The molecule has 0 spiro atoms. The van der Waals surface area contributed by atoms with Gasteiger partial charge in [-0.3, -0.25) is 4.79 Å². The molecule has 3 aromatic rings. The summed E-state index contributed by atoms with van der Waals surface area (Å²) in [4.78, 5) is 30.5. The van der Waals surface area contributed by atoms with Crippen molar-refractivity contribution in [3.05, 3.63) is 65.7 Å². The summed E-state index contributed by atoms with van der Waals surface area (Å²) in [6.45, 7) is 3.52. The summed E-state index contributed by atoms with van der Waals surface area (Å²) in [6.07, 6.45) is 2.90. The molecule has 5 nitrogen and oxygen atoms in total. The van der Waals surface area contributed by atoms with Gasteiger partial charge in [0.1, 0.15) is 5.01 Å². The molecule has 0 fully saturated rings. The Morgan fingerprint density at radius 1 is 1.11 bits per heavy atom. The Hall–Kier alpha value is -2.99. The molecular weight excluding hydrogens is 360 g/mol. The minimum absolute atomic E-state index is 0.0445. The Kier molecular flexibility index (Phi) is 5.98. The lowest BCUT2D eigenvalue weighted by atomic mass is 10.2. The predicted molar refractivity (Wildman–Crippen MR) is 109 cm³/mol. The fourth-order valence-corrected chi connectivity index (χ4v) is 3.54. The maximum absolute atomic E-state index is 12.5. The van der Waals surface area contributed by atoms with E-state index in [1.807, 2.05) is 68.4 Å². The maximum Gasteiger partial charge on any atom is 0.331 e. The summed E-state index contributed by atoms with van der Waals surface area (Å²) >= 11 is 1.49. The minimum Gasteiger partial charge on any atom is -0.452 e. The van der Waals surface area contributed by atoms with Crippen molar-refractivity contribution in [2.24, 2.45) is 0 Å². The Morgan fingerprint density at radius 2 is 1.81 bits per heavy atom. The van der Waals surface area contributed by atoms with Crippen LogP contribution in [0.3, 0.4) is 0 Å². The van der Waals surface area contributed by atoms with Crippen molar-refractivity contribution in [3.8, 4) is 0 Å². The second-order valence-corrected chi connectivity index (χ2v) is 7.22. The number of anilines is 1. The monoisotopic (exact) mass is 380 g/mol. The average Bonchev–Trinajstić information content (AvgIpc) is 3.08. The van der Waals surface area contributed by atoms with E-state index in [0.29, 0.717) is 5.01 Å². The standard InChI is InChI=1S/C21H20N2O3S/c1-15(2)23(16-8-4-3-5-9-16)20(24)14-26-21(25)13-12-19-22-17-10-6-7-11-18(17)27-19/h3-13,15H,14H2,1-2H3/b13-12+. The van der Waals surface area contributed by atoms with Crippen molar-refractivity contribution in [3.63, 3.8) is 0 Å². The molecule has 3 rings (SSSR count). The van der Waals surface area contributed by atoms with Gasteiger partial charge in [-0.2, -0.15) is 0 Å². The molecule has 6 heteroatoms. The smallest absolute Gasteiger partial charge is 0.331 e. The number of hydrogen-bond donors (Lipinski definition) is 0. The van der Waals surface area contributed by atoms with Gasteiger partial charge in [0.15, 0.2) is 6.61 Å². The van der Waals surface area contributed by atoms with Crippen LogP contribution in [-0.4, -0.2) is 29.5 Å². The highest BCUT2D eigenvalue weighted by molar-refractivity contribution is 7.19. The normalized spacial score (nSPS) is 11.2. The fraction of sp³-hybridized carbons (Fsp3) is 0.190. The molecule has 2 aromatic carbocycles. The van der Waals surface area contributed by atoms with Crippen molar-refractivity contribution < 1.29 is 14.3 Å². The quantitative estimate of drug-likeness (QED) is 0.473. The van der Waals surface area contributed by atoms with Crippen molar-refractivity contribution in [1.82, 2.24) is 4.98 Å². The molecule has 0 unspecified atom stereocenters. The van der Waals surface area contributed by atoms with Crippen LogP contribution < -0.4 is 4.90 Å². The number of thiazole rings is 1. The zero-order valence-electron chi connectivity index (χ0n) is 15.2. The lowest BCUT2D eigenvalue weighted by Crippen LogP contribution is -2.39. The SMILES string of the molecule is CC(C)N(C(=O)COC(=O)/C=C/c1nc2ccccc2s1)c1ccccc1. The van der Waals surface area contributed by atoms with E-state index in [0.717, 1.165) is 15.9 Å². The second-order valence-electron chi connectivity index (χ2n) is 6.15. The van der Waals surface area contributed by atoms with Crippen LogP contribution in [0.15, 0.2) is 60.7 Å². The number of amides is 1. The number of fused-ring (bicyclic) bond motifs is 1. The highest BCUT2D eigenvalue weighted by atomic mass is 32.1. The van der Waals surface area contributed by atoms with Crippen molar-refractivity contribution in [2.45, 2.75) is 19.9 Å². The van der Waals surface area contributed by atoms with E-state index >= 15 is 0 Å². The highest BCUT2D eigenvalue weighted by Gasteiger charge is 2.19. The summed E-state index contributed by atoms with van der Waals surface area (Å²) < 4.78 is 6.16. The summed E-state index contributed by atoms with van der Waals surface area (Å²) in [5, 5.41) is 0.715. The third-order valence-corrected chi connectivity index (χ3v) is 4.83. The Bertz CT molecular complexity index is 931. The number of benzene rings is 2. The van der Waals surface area contributed by atoms with Gasteiger partial charge in [-0.15, -0.1) is 11.3 Å². The van der Waals surface area contributed by atoms with Crippen molar-refractivity contribution in [1.29, 1.82) is 0 Å². The van der Waals surface area contributed by atoms with E-state index in [-0.39, 0.29) is 18.6 Å². The predicted octanol–water partition coefficient (Wildman–Crippen LogP) is 4.29. The topological polar surface area (TPSA) is 59.5 Å². The first-order chi connectivity index (χ1) is 13.0. The van der Waals surface area contributed by atoms with Gasteiger partial charge in [-0.1, -0.05) is 30.3 Å². The Balaban J connectivity index is 1.59. The zero-order valence-corrected chi connectivity index (χ0v) is 16.0. The Morgan fingerprint density at radius 3 is 2.52 bits per heavy atom. The Labute approximate surface area is 161 Å². The number of nitrogens with zero attached hydrogens (tertiary/aromatic N) is 2. The first-order valence-electron chi connectivity index (χ1n) is 8.62. The molecule has 0 aliphatic carbocycles. The highest BCUT2D eigenvalue weighted by Crippen LogP contribution is 2.22. The lowest BCUT2D eigenvalue weighted by molar-refractivity contribution is -0.143. The lowest BCUT2D eigenvalue weighted by Gasteiger charge is -2.26. The molecule has 1 aromatic heterocycles. The van der Waals surface area contributed by atoms with Crippen LogP contribution in [0, 0.1) is 0 Å². The zero-order chi connectivity index (χ0) is 19.2. The van der Waals surface area contributed by atoms with E-state index in [4.69, 9.17) is 4.74 Å². The fourth-order valence-electron chi connectivity index (χ4n) is 2.67. The van der Waals surface area contributed by atoms with Gasteiger partial charge in [-0.05, 0) is 44.2 Å². The second kappa shape index (κ2) is 8.60. The molecule has 0 N–H and O–H groups in total. The van der Waals surface area contributed by atoms with Crippen LogP contribution in [0.2, 0.25) is 0 Å². The molecule has 138 valence electrons. The van der Waals surface area contributed by atoms with Gasteiger partial charge >= 0.3 is 5.97 Å². The number of aromatic nitrogens is 1. The number of ether oxygens (including phenoxy) is 1. The molecule has 0 saturated heterocycles. The minimum atomic E-state index is -0.570. The van der Waals surface area contributed by atoms with Crippen LogP contribution in [-0.2, 0) is 14.3 Å². The number of carbonyl (C=O) groups excluding carboxylic acids is 2. The van der Waals surface area contributed by atoms with Gasteiger partial charge in [-0.25, -0.2) is 9.78 Å². The summed E-state index contributed by atoms with van der Waals surface area (Å²) in [5.41, 5.74) is 1.67. The molecule has 1 heterocycles. The van der Waals surface area contributed by atoms with Gasteiger partial charge in [0.2, 0.25) is 0 Å². The summed E-state index contributed by atoms with van der Waals surface area (Å²) in [5.74, 6) is -0.836. The summed E-state index contributed by atoms with van der Waals surface area (Å²) in [6, 6.07) is 17.0. The van der Waals surface area contributed by atoms with Gasteiger partial charge < -0.3 is 9.64 Å². The van der Waals surface area contributed by atoms with Crippen LogP contribution >= 0.6 is 11.3 Å². The van der Waals surface area contributed by atoms with E-state index in [1.165, 1.54) is 17.4 Å². The van der Waals surface area contributed by atoms with E-state index in [9.17, 15) is 9.59 Å². The molecule has 0 radical (unpaired) electrons. The third-order valence-electron chi connectivity index (χ3n) is 3.83. The van der Waals surface area contributed by atoms with Gasteiger partial charge in [0.05, 0.1) is 10.2 Å². The average molecular weight is 380 g/mol. The summed E-state index contributed by atoms with van der Waals surface area (Å²) in [7, 11) is 0. The number of esters is 1. The molecule has 0 bridgehead atoms. The van der Waals surface area contributed by atoms with Crippen molar-refractivity contribution in [2.75, 3.05) is 11.5 Å². The maximum atomic E-state index is 12.5. The van der Waals surface area contributed by atoms with Gasteiger partial charge in [0.25, 0.3) is 5.91 Å². The van der Waals surface area contributed by atoms with Crippen LogP contribution in [0.25, 0.3) is 16.3 Å². The van der Waals surface area contributed by atoms with E-state index in [2.05, 4.69) is 4.98 Å². The van der Waals surface area contributed by atoms with Gasteiger partial charge in [0, 0.05) is 17.8 Å². The van der Waals surface area contributed by atoms with E-state index < -0.39 is 5.97 Å². The van der Waals surface area contributed by atoms with E-state index in [1.54, 1.807) is 11.0 Å². The molecular formula is C21H20N2O3S. The molecule has 0 saturated carbocycles. The number of hydrogen-bond acceptors (Lipinski definition) is 5.